The Morgan fingerprint density at radius 2 is 1.88 bits per heavy atom. The molecule has 9 heteroatoms. The van der Waals surface area contributed by atoms with Crippen LogP contribution in [0.5, 0.6) is 11.5 Å². The van der Waals surface area contributed by atoms with Crippen LogP contribution in [0.4, 0.5) is 8.78 Å². The van der Waals surface area contributed by atoms with Crippen molar-refractivity contribution in [3.63, 3.8) is 0 Å². The molecule has 0 saturated heterocycles. The largest absolute Gasteiger partial charge is 0.586 e. The summed E-state index contributed by atoms with van der Waals surface area (Å²) >= 11 is 0. The van der Waals surface area contributed by atoms with E-state index in [0.29, 0.717) is 41.1 Å². The summed E-state index contributed by atoms with van der Waals surface area (Å²) in [7, 11) is 0. The van der Waals surface area contributed by atoms with Gasteiger partial charge in [0.05, 0.1) is 34.5 Å². The second-order valence-electron chi connectivity index (χ2n) is 8.19. The number of aryl methyl sites for hydroxylation is 1. The first-order valence-corrected chi connectivity index (χ1v) is 10.3. The van der Waals surface area contributed by atoms with Gasteiger partial charge in [-0.15, -0.1) is 8.78 Å². The number of benzene rings is 2. The van der Waals surface area contributed by atoms with Crippen LogP contribution in [-0.2, 0) is 16.6 Å². The zero-order chi connectivity index (χ0) is 23.4. The molecular formula is C24H20F2N2O5. The SMILES string of the molecule is Cc1ncc(CC(=O)C2(c3ccc4c(c3)OC(F)(F)O4)CC2)nc1-c1cccc(C(=O)O)c1.[HH]. The van der Waals surface area contributed by atoms with E-state index in [1.54, 1.807) is 25.1 Å². The Balaban J connectivity index is 0.00000274. The minimum absolute atomic E-state index is 0. The number of hydrogen-bond acceptors (Lipinski definition) is 6. The lowest BCUT2D eigenvalue weighted by atomic mass is 9.88. The number of Topliss-reactive ketones (excluding diaryl/α,β-unsaturated/α-hetero) is 1. The summed E-state index contributed by atoms with van der Waals surface area (Å²) in [6.07, 6.45) is -1.01. The molecule has 33 heavy (non-hydrogen) atoms. The molecule has 5 rings (SSSR count). The fraction of sp³-hybridized carbons (Fsp3) is 0.250. The van der Waals surface area contributed by atoms with E-state index >= 15 is 0 Å². The summed E-state index contributed by atoms with van der Waals surface area (Å²) in [6.45, 7) is 1.76. The number of rotatable bonds is 6. The molecule has 0 amide bonds. The van der Waals surface area contributed by atoms with Crippen molar-refractivity contribution in [1.29, 1.82) is 0 Å². The lowest BCUT2D eigenvalue weighted by molar-refractivity contribution is -0.286. The van der Waals surface area contributed by atoms with Crippen molar-refractivity contribution < 1.29 is 34.4 Å². The molecule has 170 valence electrons. The molecule has 1 aromatic heterocycles. The number of aromatic carboxylic acids is 1. The Labute approximate surface area is 188 Å². The lowest BCUT2D eigenvalue weighted by Gasteiger charge is -2.15. The predicted octanol–water partition coefficient (Wildman–Crippen LogP) is 4.56. The molecule has 3 aromatic rings. The summed E-state index contributed by atoms with van der Waals surface area (Å²) in [5.74, 6) is -1.31. The highest BCUT2D eigenvalue weighted by molar-refractivity contribution is 5.94. The molecule has 0 atom stereocenters. The number of hydrogen-bond donors (Lipinski definition) is 1. The van der Waals surface area contributed by atoms with Gasteiger partial charge >= 0.3 is 12.3 Å². The van der Waals surface area contributed by atoms with E-state index < -0.39 is 17.7 Å². The van der Waals surface area contributed by atoms with E-state index in [0.717, 1.165) is 0 Å². The van der Waals surface area contributed by atoms with Gasteiger partial charge in [-0.05, 0) is 49.6 Å². The van der Waals surface area contributed by atoms with Crippen LogP contribution >= 0.6 is 0 Å². The molecule has 1 saturated carbocycles. The molecule has 7 nitrogen and oxygen atoms in total. The van der Waals surface area contributed by atoms with Crippen molar-refractivity contribution in [3.05, 3.63) is 71.2 Å². The summed E-state index contributed by atoms with van der Waals surface area (Å²) in [5, 5.41) is 9.25. The minimum atomic E-state index is -3.71. The number of alkyl halides is 2. The maximum absolute atomic E-state index is 13.3. The van der Waals surface area contributed by atoms with Crippen LogP contribution in [0.25, 0.3) is 11.3 Å². The van der Waals surface area contributed by atoms with Crippen molar-refractivity contribution in [2.45, 2.75) is 37.9 Å². The Bertz CT molecular complexity index is 1310. The number of aromatic nitrogens is 2. The molecule has 1 N–H and O–H groups in total. The Morgan fingerprint density at radius 1 is 1.12 bits per heavy atom. The van der Waals surface area contributed by atoms with E-state index in [-0.39, 0.29) is 30.7 Å². The number of ether oxygens (including phenoxy) is 2. The van der Waals surface area contributed by atoms with Crippen LogP contribution < -0.4 is 9.47 Å². The number of nitrogens with zero attached hydrogens (tertiary/aromatic N) is 2. The van der Waals surface area contributed by atoms with Crippen molar-refractivity contribution in [3.8, 4) is 22.8 Å². The molecule has 2 aliphatic rings. The average molecular weight is 454 g/mol. The molecule has 1 aliphatic heterocycles. The number of ketones is 1. The number of carbonyl (C=O) groups excluding carboxylic acids is 1. The van der Waals surface area contributed by atoms with Gasteiger partial charge < -0.3 is 14.6 Å². The van der Waals surface area contributed by atoms with E-state index in [9.17, 15) is 23.5 Å². The summed E-state index contributed by atoms with van der Waals surface area (Å²) < 4.78 is 35.7. The molecule has 0 radical (unpaired) electrons. The molecule has 2 heterocycles. The zero-order valence-corrected chi connectivity index (χ0v) is 17.5. The molecule has 1 aliphatic carbocycles. The minimum Gasteiger partial charge on any atom is -0.478 e. The third kappa shape index (κ3) is 3.79. The van der Waals surface area contributed by atoms with E-state index in [1.807, 2.05) is 0 Å². The smallest absolute Gasteiger partial charge is 0.478 e. The van der Waals surface area contributed by atoms with Crippen molar-refractivity contribution in [2.75, 3.05) is 0 Å². The normalized spacial score (nSPS) is 16.9. The van der Waals surface area contributed by atoms with Crippen molar-refractivity contribution >= 4 is 11.8 Å². The Kier molecular flexibility index (Phi) is 4.66. The van der Waals surface area contributed by atoms with Crippen LogP contribution in [0.3, 0.4) is 0 Å². The average Bonchev–Trinajstić information content (AvgIpc) is 3.52. The number of carbonyl (C=O) groups is 2. The van der Waals surface area contributed by atoms with Gasteiger partial charge in [0.1, 0.15) is 5.78 Å². The van der Waals surface area contributed by atoms with Crippen LogP contribution in [-0.4, -0.2) is 33.1 Å². The van der Waals surface area contributed by atoms with E-state index in [2.05, 4.69) is 19.4 Å². The maximum Gasteiger partial charge on any atom is 0.586 e. The molecular weight excluding hydrogens is 434 g/mol. The number of carboxylic acids is 1. The van der Waals surface area contributed by atoms with Crippen molar-refractivity contribution in [1.82, 2.24) is 9.97 Å². The summed E-state index contributed by atoms with van der Waals surface area (Å²) in [6, 6.07) is 10.8. The van der Waals surface area contributed by atoms with Gasteiger partial charge in [-0.1, -0.05) is 18.2 Å². The van der Waals surface area contributed by atoms with Gasteiger partial charge in [-0.25, -0.2) is 9.78 Å². The van der Waals surface area contributed by atoms with Gasteiger partial charge in [0.2, 0.25) is 0 Å². The molecule has 0 spiro atoms. The van der Waals surface area contributed by atoms with Crippen LogP contribution in [0.15, 0.2) is 48.7 Å². The molecule has 0 unspecified atom stereocenters. The highest BCUT2D eigenvalue weighted by Crippen LogP contribution is 2.52. The summed E-state index contributed by atoms with van der Waals surface area (Å²) in [4.78, 5) is 33.5. The van der Waals surface area contributed by atoms with Gasteiger partial charge in [0, 0.05) is 13.2 Å². The second kappa shape index (κ2) is 7.33. The molecule has 0 bridgehead atoms. The van der Waals surface area contributed by atoms with Gasteiger partial charge in [-0.3, -0.25) is 9.78 Å². The number of carboxylic acid groups (broad SMARTS) is 1. The first-order chi connectivity index (χ1) is 15.7. The predicted molar refractivity (Wildman–Crippen MR) is 114 cm³/mol. The maximum atomic E-state index is 13.3. The third-order valence-electron chi connectivity index (χ3n) is 5.97. The zero-order valence-electron chi connectivity index (χ0n) is 17.5. The first-order valence-electron chi connectivity index (χ1n) is 10.3. The van der Waals surface area contributed by atoms with Crippen LogP contribution in [0.2, 0.25) is 0 Å². The fourth-order valence-electron chi connectivity index (χ4n) is 4.08. The second-order valence-corrected chi connectivity index (χ2v) is 8.19. The standard InChI is InChI=1S/C24H18F2N2O5.H2/c1-13-21(14-3-2-4-15(9-14)22(30)31)28-17(12-27-13)11-20(29)23(7-8-23)16-5-6-18-19(10-16)33-24(25,26)32-18;/h2-6,9-10,12H,7-8,11H2,1H3,(H,30,31);1H. The number of halogens is 2. The van der Waals surface area contributed by atoms with E-state index in [1.165, 1.54) is 30.5 Å². The first kappa shape index (κ1) is 21.0. The van der Waals surface area contributed by atoms with E-state index in [4.69, 9.17) is 0 Å². The van der Waals surface area contributed by atoms with Gasteiger partial charge in [0.15, 0.2) is 11.5 Å². The van der Waals surface area contributed by atoms with Gasteiger partial charge in [0.25, 0.3) is 0 Å². The topological polar surface area (TPSA) is 98.6 Å². The highest BCUT2D eigenvalue weighted by atomic mass is 19.3. The Morgan fingerprint density at radius 3 is 2.61 bits per heavy atom. The van der Waals surface area contributed by atoms with Gasteiger partial charge in [-0.2, -0.15) is 0 Å². The summed E-state index contributed by atoms with van der Waals surface area (Å²) in [5.41, 5.74) is 2.08. The Hall–Kier alpha value is -3.88. The monoisotopic (exact) mass is 454 g/mol. The fourth-order valence-corrected chi connectivity index (χ4v) is 4.08. The highest BCUT2D eigenvalue weighted by Gasteiger charge is 2.52. The molecule has 1 fully saturated rings. The quantitative estimate of drug-likeness (QED) is 0.583. The van der Waals surface area contributed by atoms with Crippen LogP contribution in [0, 0.1) is 6.92 Å². The number of fused-ring (bicyclic) bond motifs is 1. The van der Waals surface area contributed by atoms with Crippen LogP contribution in [0.1, 0.15) is 41.6 Å². The third-order valence-corrected chi connectivity index (χ3v) is 5.97. The molecule has 2 aromatic carbocycles. The lowest BCUT2D eigenvalue weighted by Crippen LogP contribution is -2.26. The van der Waals surface area contributed by atoms with Crippen molar-refractivity contribution in [2.24, 2.45) is 0 Å².